The minimum atomic E-state index is -0.321. The smallest absolute Gasteiger partial charge is 0.399 e. The summed E-state index contributed by atoms with van der Waals surface area (Å²) in [5.41, 5.74) is 1.78. The van der Waals surface area contributed by atoms with Gasteiger partial charge in [0, 0.05) is 23.5 Å². The Labute approximate surface area is 190 Å². The number of nitrogens with zero attached hydrogens (tertiary/aromatic N) is 3. The molecule has 0 bridgehead atoms. The van der Waals surface area contributed by atoms with Crippen molar-refractivity contribution in [2.75, 3.05) is 5.75 Å². The maximum absolute atomic E-state index is 6.23. The third kappa shape index (κ3) is 3.48. The van der Waals surface area contributed by atoms with Crippen LogP contribution in [0.15, 0.2) is 24.3 Å². The van der Waals surface area contributed by atoms with E-state index in [4.69, 9.17) is 14.4 Å². The molecule has 1 aromatic carbocycles. The van der Waals surface area contributed by atoms with Crippen LogP contribution < -0.4 is 5.46 Å². The van der Waals surface area contributed by atoms with Crippen molar-refractivity contribution in [2.24, 2.45) is 0 Å². The molecule has 5 nitrogen and oxygen atoms in total. The summed E-state index contributed by atoms with van der Waals surface area (Å²) in [5.74, 6) is 3.44. The van der Waals surface area contributed by atoms with Crippen LogP contribution in [-0.4, -0.2) is 43.6 Å². The van der Waals surface area contributed by atoms with E-state index in [1.807, 2.05) is 0 Å². The summed E-state index contributed by atoms with van der Waals surface area (Å²) in [6, 6.07) is 8.83. The number of thioether (sulfide) groups is 1. The zero-order valence-electron chi connectivity index (χ0n) is 19.7. The van der Waals surface area contributed by atoms with E-state index in [1.54, 1.807) is 0 Å². The first-order valence-electron chi connectivity index (χ1n) is 11.6. The van der Waals surface area contributed by atoms with Crippen LogP contribution in [0.25, 0.3) is 0 Å². The highest BCUT2D eigenvalue weighted by molar-refractivity contribution is 8.00. The second-order valence-electron chi connectivity index (χ2n) is 10.7. The largest absolute Gasteiger partial charge is 0.494 e. The molecule has 1 saturated heterocycles. The Morgan fingerprint density at radius 3 is 2.23 bits per heavy atom. The summed E-state index contributed by atoms with van der Waals surface area (Å²) in [4.78, 5) is 0. The first-order valence-corrected chi connectivity index (χ1v) is 12.6. The van der Waals surface area contributed by atoms with Gasteiger partial charge in [0.25, 0.3) is 0 Å². The Kier molecular flexibility index (Phi) is 4.93. The van der Waals surface area contributed by atoms with Gasteiger partial charge < -0.3 is 13.9 Å². The van der Waals surface area contributed by atoms with E-state index < -0.39 is 0 Å². The van der Waals surface area contributed by atoms with E-state index >= 15 is 0 Å². The second-order valence-corrected chi connectivity index (χ2v) is 12.4. The van der Waals surface area contributed by atoms with Crippen LogP contribution in [0.1, 0.15) is 78.0 Å². The minimum absolute atomic E-state index is 0.0112. The van der Waals surface area contributed by atoms with Crippen molar-refractivity contribution < 1.29 is 9.31 Å². The van der Waals surface area contributed by atoms with Gasteiger partial charge in [-0.3, -0.25) is 0 Å². The van der Waals surface area contributed by atoms with Crippen LogP contribution in [0.3, 0.4) is 0 Å². The van der Waals surface area contributed by atoms with E-state index in [1.165, 1.54) is 5.56 Å². The van der Waals surface area contributed by atoms with Gasteiger partial charge in [0.2, 0.25) is 0 Å². The lowest BCUT2D eigenvalue weighted by atomic mass is 9.78. The number of aromatic nitrogens is 3. The molecule has 166 valence electrons. The van der Waals surface area contributed by atoms with Gasteiger partial charge in [-0.25, -0.2) is 0 Å². The highest BCUT2D eigenvalue weighted by atomic mass is 32.2. The number of fused-ring (bicyclic) bond motifs is 1. The molecule has 3 heterocycles. The monoisotopic (exact) mass is 439 g/mol. The van der Waals surface area contributed by atoms with E-state index in [2.05, 4.69) is 87.2 Å². The summed E-state index contributed by atoms with van der Waals surface area (Å²) >= 11 is 2.08. The van der Waals surface area contributed by atoms with Crippen molar-refractivity contribution in [3.63, 3.8) is 0 Å². The molecule has 0 radical (unpaired) electrons. The van der Waals surface area contributed by atoms with Gasteiger partial charge in [-0.2, -0.15) is 11.8 Å². The number of rotatable bonds is 4. The van der Waals surface area contributed by atoms with Crippen molar-refractivity contribution in [1.82, 2.24) is 14.8 Å². The van der Waals surface area contributed by atoms with Crippen LogP contribution in [0, 0.1) is 0 Å². The van der Waals surface area contributed by atoms with Gasteiger partial charge in [0.05, 0.1) is 16.6 Å². The maximum atomic E-state index is 6.23. The normalized spacial score (nSPS) is 28.3. The van der Waals surface area contributed by atoms with E-state index in [0.717, 1.165) is 55.1 Å². The minimum Gasteiger partial charge on any atom is -0.399 e. The molecule has 2 aromatic rings. The van der Waals surface area contributed by atoms with E-state index in [-0.39, 0.29) is 28.5 Å². The molecule has 2 fully saturated rings. The van der Waals surface area contributed by atoms with Gasteiger partial charge in [-0.15, -0.1) is 10.2 Å². The third-order valence-corrected chi connectivity index (χ3v) is 9.56. The van der Waals surface area contributed by atoms with Gasteiger partial charge in [0.15, 0.2) is 0 Å². The average molecular weight is 439 g/mol. The SMILES string of the molecule is CCC1(C)Cc2nnc(C3(c4ccc(B5OC(C)(C)C(C)(C)O5)cc4)CC3)n2CCS1. The molecule has 3 aliphatic rings. The lowest BCUT2D eigenvalue weighted by Crippen LogP contribution is -2.41. The summed E-state index contributed by atoms with van der Waals surface area (Å²) in [5, 5.41) is 9.41. The molecule has 5 rings (SSSR count). The fourth-order valence-corrected chi connectivity index (χ4v) is 5.96. The predicted molar refractivity (Wildman–Crippen MR) is 127 cm³/mol. The van der Waals surface area contributed by atoms with Crippen LogP contribution in [-0.2, 0) is 27.7 Å². The maximum Gasteiger partial charge on any atom is 0.494 e. The average Bonchev–Trinajstić information content (AvgIpc) is 3.42. The number of hydrogen-bond donors (Lipinski definition) is 0. The molecule has 1 unspecified atom stereocenters. The summed E-state index contributed by atoms with van der Waals surface area (Å²) in [6.07, 6.45) is 4.43. The van der Waals surface area contributed by atoms with Crippen LogP contribution >= 0.6 is 11.8 Å². The Morgan fingerprint density at radius 2 is 1.65 bits per heavy atom. The quantitative estimate of drug-likeness (QED) is 0.671. The molecule has 31 heavy (non-hydrogen) atoms. The van der Waals surface area contributed by atoms with Gasteiger partial charge in [-0.05, 0) is 58.0 Å². The molecular formula is C24H34BN3O2S. The molecule has 0 amide bonds. The molecule has 2 aliphatic heterocycles. The lowest BCUT2D eigenvalue weighted by Gasteiger charge is -2.32. The molecule has 7 heteroatoms. The lowest BCUT2D eigenvalue weighted by molar-refractivity contribution is 0.00578. The highest BCUT2D eigenvalue weighted by Gasteiger charge is 2.53. The second kappa shape index (κ2) is 7.10. The van der Waals surface area contributed by atoms with Crippen LogP contribution in [0.4, 0.5) is 0 Å². The van der Waals surface area contributed by atoms with E-state index in [9.17, 15) is 0 Å². The first kappa shape index (κ1) is 21.5. The molecule has 1 aromatic heterocycles. The van der Waals surface area contributed by atoms with Crippen molar-refractivity contribution in [1.29, 1.82) is 0 Å². The summed E-state index contributed by atoms with van der Waals surface area (Å²) in [6.45, 7) is 14.0. The standard InChI is InChI=1S/C24H34BN3O2S/c1-7-23(6)16-19-26-27-20(28(19)14-15-31-23)24(12-13-24)17-8-10-18(11-9-17)25-29-21(2,3)22(4,5)30-25/h8-11H,7,12-16H2,1-6H3. The number of benzene rings is 1. The summed E-state index contributed by atoms with van der Waals surface area (Å²) < 4.78 is 15.1. The Balaban J connectivity index is 1.41. The van der Waals surface area contributed by atoms with Crippen LogP contribution in [0.2, 0.25) is 0 Å². The zero-order valence-corrected chi connectivity index (χ0v) is 20.5. The Morgan fingerprint density at radius 1 is 1.00 bits per heavy atom. The van der Waals surface area contributed by atoms with Gasteiger partial charge in [0.1, 0.15) is 11.6 Å². The predicted octanol–water partition coefficient (Wildman–Crippen LogP) is 4.12. The molecule has 1 atom stereocenters. The Bertz CT molecular complexity index is 967. The fraction of sp³-hybridized carbons (Fsp3) is 0.667. The topological polar surface area (TPSA) is 49.2 Å². The Hall–Kier alpha value is -1.31. The van der Waals surface area contributed by atoms with Gasteiger partial charge >= 0.3 is 7.12 Å². The third-order valence-electron chi connectivity index (χ3n) is 8.04. The van der Waals surface area contributed by atoms with Crippen molar-refractivity contribution in [2.45, 2.75) is 95.1 Å². The summed E-state index contributed by atoms with van der Waals surface area (Å²) in [7, 11) is -0.317. The molecule has 0 spiro atoms. The molecule has 0 N–H and O–H groups in total. The van der Waals surface area contributed by atoms with E-state index in [0.29, 0.717) is 0 Å². The van der Waals surface area contributed by atoms with Crippen molar-refractivity contribution in [3.05, 3.63) is 41.5 Å². The van der Waals surface area contributed by atoms with Crippen LogP contribution in [0.5, 0.6) is 0 Å². The number of hydrogen-bond acceptors (Lipinski definition) is 5. The molecule has 1 aliphatic carbocycles. The van der Waals surface area contributed by atoms with Crippen molar-refractivity contribution in [3.8, 4) is 0 Å². The molecular weight excluding hydrogens is 405 g/mol. The highest BCUT2D eigenvalue weighted by Crippen LogP contribution is 2.53. The van der Waals surface area contributed by atoms with Gasteiger partial charge in [-0.1, -0.05) is 38.1 Å². The molecule has 1 saturated carbocycles. The fourth-order valence-electron chi connectivity index (χ4n) is 4.76. The zero-order chi connectivity index (χ0) is 22.1. The first-order chi connectivity index (χ1) is 14.6. The van der Waals surface area contributed by atoms with Crippen molar-refractivity contribution >= 4 is 24.3 Å².